The van der Waals surface area contributed by atoms with Crippen LogP contribution in [0.4, 0.5) is 8.78 Å². The van der Waals surface area contributed by atoms with Crippen LogP contribution in [0, 0.1) is 19.8 Å². The van der Waals surface area contributed by atoms with Gasteiger partial charge in [0.2, 0.25) is 16.4 Å². The molecule has 0 aromatic heterocycles. The van der Waals surface area contributed by atoms with Gasteiger partial charge >= 0.3 is 0 Å². The van der Waals surface area contributed by atoms with Crippen molar-refractivity contribution in [2.75, 3.05) is 13.1 Å². The Morgan fingerprint density at radius 1 is 1.22 bits per heavy atom. The van der Waals surface area contributed by atoms with Crippen molar-refractivity contribution in [3.8, 4) is 0 Å². The van der Waals surface area contributed by atoms with Crippen LogP contribution in [-0.4, -0.2) is 32.2 Å². The van der Waals surface area contributed by atoms with Gasteiger partial charge in [-0.3, -0.25) is 0 Å². The molecule has 1 aromatic rings. The molecule has 1 aliphatic heterocycles. The zero-order chi connectivity index (χ0) is 13.5. The number of rotatable bonds is 3. The fraction of sp³-hybridized carbons (Fsp3) is 0.500. The van der Waals surface area contributed by atoms with Crippen LogP contribution in [-0.2, 0) is 10.0 Å². The molecule has 2 rings (SSSR count). The summed E-state index contributed by atoms with van der Waals surface area (Å²) < 4.78 is 50.0. The monoisotopic (exact) mass is 275 g/mol. The molecule has 6 heteroatoms. The number of sulfonamides is 1. The first-order chi connectivity index (χ1) is 8.32. The lowest BCUT2D eigenvalue weighted by atomic mass is 10.1. The minimum absolute atomic E-state index is 0.0904. The number of nitrogens with zero attached hydrogens (tertiary/aromatic N) is 1. The maximum Gasteiger partial charge on any atom is 0.243 e. The van der Waals surface area contributed by atoms with E-state index in [0.29, 0.717) is 0 Å². The normalized spacial score (nSPS) is 18.1. The highest BCUT2D eigenvalue weighted by Crippen LogP contribution is 2.29. The molecular formula is C12H15F2NO2S. The van der Waals surface area contributed by atoms with Crippen molar-refractivity contribution in [2.24, 2.45) is 5.92 Å². The molecule has 3 nitrogen and oxygen atoms in total. The molecule has 1 fully saturated rings. The molecule has 18 heavy (non-hydrogen) atoms. The van der Waals surface area contributed by atoms with Crippen molar-refractivity contribution in [1.82, 2.24) is 4.31 Å². The third-order valence-corrected chi connectivity index (χ3v) is 5.18. The van der Waals surface area contributed by atoms with E-state index in [1.807, 2.05) is 13.8 Å². The molecule has 0 N–H and O–H groups in total. The number of hydrogen-bond donors (Lipinski definition) is 0. The minimum Gasteiger partial charge on any atom is -0.210 e. The second-order valence-electron chi connectivity index (χ2n) is 4.66. The molecule has 0 unspecified atom stereocenters. The summed E-state index contributed by atoms with van der Waals surface area (Å²) in [5, 5.41) is 0. The van der Waals surface area contributed by atoms with Crippen molar-refractivity contribution >= 4 is 10.0 Å². The van der Waals surface area contributed by atoms with Crippen LogP contribution in [0.2, 0.25) is 0 Å². The van der Waals surface area contributed by atoms with Crippen molar-refractivity contribution in [3.63, 3.8) is 0 Å². The van der Waals surface area contributed by atoms with Gasteiger partial charge in [-0.2, -0.15) is 4.31 Å². The second kappa shape index (κ2) is 4.59. The highest BCUT2D eigenvalue weighted by Gasteiger charge is 2.41. The summed E-state index contributed by atoms with van der Waals surface area (Å²) in [5.41, 5.74) is 1.88. The molecular weight excluding hydrogens is 260 g/mol. The Morgan fingerprint density at radius 2 is 1.83 bits per heavy atom. The summed E-state index contributed by atoms with van der Waals surface area (Å²) in [5.74, 6) is -0.827. The molecule has 0 radical (unpaired) electrons. The van der Waals surface area contributed by atoms with Gasteiger partial charge in [0.1, 0.15) is 0 Å². The molecule has 0 bridgehead atoms. The predicted octanol–water partition coefficient (Wildman–Crippen LogP) is 2.19. The Balaban J connectivity index is 2.20. The third-order valence-electron chi connectivity index (χ3n) is 3.35. The highest BCUT2D eigenvalue weighted by molar-refractivity contribution is 7.89. The SMILES string of the molecule is Cc1ccc(S(=O)(=O)N2CC(C(F)F)C2)cc1C. The van der Waals surface area contributed by atoms with Crippen molar-refractivity contribution in [2.45, 2.75) is 25.2 Å². The average Bonchev–Trinajstić information content (AvgIpc) is 2.18. The van der Waals surface area contributed by atoms with E-state index in [1.165, 1.54) is 6.07 Å². The maximum atomic E-state index is 12.3. The Hall–Kier alpha value is -1.01. The summed E-state index contributed by atoms with van der Waals surface area (Å²) >= 11 is 0. The van der Waals surface area contributed by atoms with E-state index in [4.69, 9.17) is 0 Å². The van der Waals surface area contributed by atoms with Gasteiger partial charge in [-0.15, -0.1) is 0 Å². The third kappa shape index (κ3) is 2.27. The first kappa shape index (κ1) is 13.4. The first-order valence-electron chi connectivity index (χ1n) is 5.68. The van der Waals surface area contributed by atoms with Gasteiger partial charge in [0.25, 0.3) is 0 Å². The van der Waals surface area contributed by atoms with E-state index in [1.54, 1.807) is 12.1 Å². The van der Waals surface area contributed by atoms with Crippen LogP contribution >= 0.6 is 0 Å². The maximum absolute atomic E-state index is 12.3. The van der Waals surface area contributed by atoms with Crippen LogP contribution < -0.4 is 0 Å². The number of benzene rings is 1. The van der Waals surface area contributed by atoms with Gasteiger partial charge in [0.15, 0.2) is 0 Å². The van der Waals surface area contributed by atoms with Crippen molar-refractivity contribution in [1.29, 1.82) is 0 Å². The largest absolute Gasteiger partial charge is 0.243 e. The predicted molar refractivity (Wildman–Crippen MR) is 64.2 cm³/mol. The van der Waals surface area contributed by atoms with Crippen LogP contribution in [0.25, 0.3) is 0 Å². The van der Waals surface area contributed by atoms with Crippen LogP contribution in [0.5, 0.6) is 0 Å². The van der Waals surface area contributed by atoms with Gasteiger partial charge in [0.05, 0.1) is 4.90 Å². The molecule has 100 valence electrons. The van der Waals surface area contributed by atoms with Crippen molar-refractivity contribution in [3.05, 3.63) is 29.3 Å². The fourth-order valence-electron chi connectivity index (χ4n) is 1.85. The molecule has 0 saturated carbocycles. The summed E-state index contributed by atoms with van der Waals surface area (Å²) in [6.07, 6.45) is -2.45. The summed E-state index contributed by atoms with van der Waals surface area (Å²) in [4.78, 5) is 0.179. The van der Waals surface area contributed by atoms with Crippen LogP contribution in [0.15, 0.2) is 23.1 Å². The topological polar surface area (TPSA) is 37.4 Å². The molecule has 0 amide bonds. The molecule has 0 atom stereocenters. The minimum atomic E-state index is -3.61. The van der Waals surface area contributed by atoms with Gasteiger partial charge in [0, 0.05) is 19.0 Å². The zero-order valence-corrected chi connectivity index (χ0v) is 11.0. The van der Waals surface area contributed by atoms with E-state index >= 15 is 0 Å². The van der Waals surface area contributed by atoms with E-state index in [-0.39, 0.29) is 18.0 Å². The smallest absolute Gasteiger partial charge is 0.210 e. The van der Waals surface area contributed by atoms with Gasteiger partial charge in [-0.25, -0.2) is 17.2 Å². The lowest BCUT2D eigenvalue weighted by Crippen LogP contribution is -2.52. The van der Waals surface area contributed by atoms with Crippen LogP contribution in [0.3, 0.4) is 0 Å². The summed E-state index contributed by atoms with van der Waals surface area (Å²) in [6, 6.07) is 4.83. The Labute approximate surface area is 105 Å². The highest BCUT2D eigenvalue weighted by atomic mass is 32.2. The second-order valence-corrected chi connectivity index (χ2v) is 6.60. The van der Waals surface area contributed by atoms with Gasteiger partial charge in [-0.1, -0.05) is 6.07 Å². The molecule has 1 aromatic carbocycles. The first-order valence-corrected chi connectivity index (χ1v) is 7.12. The number of aryl methyl sites for hydroxylation is 2. The summed E-state index contributed by atoms with van der Waals surface area (Å²) in [6.45, 7) is 3.54. The lowest BCUT2D eigenvalue weighted by molar-refractivity contribution is 0.0123. The molecule has 0 spiro atoms. The molecule has 1 saturated heterocycles. The number of alkyl halides is 2. The Morgan fingerprint density at radius 3 is 2.33 bits per heavy atom. The fourth-order valence-corrected chi connectivity index (χ4v) is 3.49. The average molecular weight is 275 g/mol. The standard InChI is InChI=1S/C12H15F2NO2S/c1-8-3-4-11(5-9(8)2)18(16,17)15-6-10(7-15)12(13)14/h3-5,10,12H,6-7H2,1-2H3. The lowest BCUT2D eigenvalue weighted by Gasteiger charge is -2.37. The van der Waals surface area contributed by atoms with E-state index < -0.39 is 22.4 Å². The van der Waals surface area contributed by atoms with Crippen LogP contribution in [0.1, 0.15) is 11.1 Å². The molecule has 1 aliphatic rings. The number of halogens is 2. The Kier molecular flexibility index (Phi) is 3.42. The van der Waals surface area contributed by atoms with E-state index in [0.717, 1.165) is 15.4 Å². The quantitative estimate of drug-likeness (QED) is 0.848. The Bertz CT molecular complexity index is 551. The van der Waals surface area contributed by atoms with E-state index in [2.05, 4.69) is 0 Å². The zero-order valence-electron chi connectivity index (χ0n) is 10.2. The summed E-state index contributed by atoms with van der Waals surface area (Å²) in [7, 11) is -3.61. The van der Waals surface area contributed by atoms with Crippen molar-refractivity contribution < 1.29 is 17.2 Å². The molecule has 0 aliphatic carbocycles. The van der Waals surface area contributed by atoms with E-state index in [9.17, 15) is 17.2 Å². The van der Waals surface area contributed by atoms with Gasteiger partial charge < -0.3 is 0 Å². The van der Waals surface area contributed by atoms with Gasteiger partial charge in [-0.05, 0) is 37.1 Å². The number of hydrogen-bond acceptors (Lipinski definition) is 2. The molecule has 1 heterocycles.